The lowest BCUT2D eigenvalue weighted by molar-refractivity contribution is 0.0801. The number of nitrogens with zero attached hydrogens (tertiary/aromatic N) is 3. The fourth-order valence-corrected chi connectivity index (χ4v) is 2.25. The highest BCUT2D eigenvalue weighted by Gasteiger charge is 2.31. The minimum absolute atomic E-state index is 0.0787. The molecule has 0 amide bonds. The Bertz CT molecular complexity index is 386. The molecule has 1 saturated heterocycles. The zero-order valence-electron chi connectivity index (χ0n) is 11.0. The van der Waals surface area contributed by atoms with Gasteiger partial charge in [0.05, 0.1) is 31.1 Å². The molecule has 0 unspecified atom stereocenters. The molecule has 0 aliphatic carbocycles. The SMILES string of the molecule is CCc1nccc(CN(CC)[C@H]2COC[C@@H]2O)n1. The first-order valence-electron chi connectivity index (χ1n) is 6.55. The molecule has 1 aromatic rings. The largest absolute Gasteiger partial charge is 0.389 e. The number of aliphatic hydroxyl groups excluding tert-OH is 1. The van der Waals surface area contributed by atoms with E-state index in [9.17, 15) is 5.11 Å². The van der Waals surface area contributed by atoms with Gasteiger partial charge in [-0.25, -0.2) is 9.97 Å². The van der Waals surface area contributed by atoms with Crippen LogP contribution in [0.25, 0.3) is 0 Å². The molecule has 1 aliphatic rings. The van der Waals surface area contributed by atoms with Crippen LogP contribution in [0.3, 0.4) is 0 Å². The van der Waals surface area contributed by atoms with Crippen molar-refractivity contribution in [1.82, 2.24) is 14.9 Å². The quantitative estimate of drug-likeness (QED) is 0.831. The first-order valence-corrected chi connectivity index (χ1v) is 6.55. The summed E-state index contributed by atoms with van der Waals surface area (Å²) < 4.78 is 5.31. The molecular weight excluding hydrogens is 230 g/mol. The normalized spacial score (nSPS) is 23.8. The van der Waals surface area contributed by atoms with Gasteiger partial charge in [0.15, 0.2) is 0 Å². The van der Waals surface area contributed by atoms with E-state index in [1.165, 1.54) is 0 Å². The lowest BCUT2D eigenvalue weighted by atomic mass is 10.1. The summed E-state index contributed by atoms with van der Waals surface area (Å²) in [4.78, 5) is 10.9. The molecule has 2 rings (SSSR count). The van der Waals surface area contributed by atoms with Gasteiger partial charge in [-0.15, -0.1) is 0 Å². The smallest absolute Gasteiger partial charge is 0.128 e. The van der Waals surface area contributed by atoms with Crippen molar-refractivity contribution in [3.05, 3.63) is 23.8 Å². The fraction of sp³-hybridized carbons (Fsp3) is 0.692. The Labute approximate surface area is 108 Å². The van der Waals surface area contributed by atoms with Crippen molar-refractivity contribution in [1.29, 1.82) is 0 Å². The number of aliphatic hydroxyl groups is 1. The highest BCUT2D eigenvalue weighted by atomic mass is 16.5. The standard InChI is InChI=1S/C13H21N3O2/c1-3-13-14-6-5-10(15-13)7-16(4-2)11-8-18-9-12(11)17/h5-6,11-12,17H,3-4,7-9H2,1-2H3/t11-,12-/m0/s1. The van der Waals surface area contributed by atoms with Crippen molar-refractivity contribution in [2.45, 2.75) is 39.0 Å². The molecule has 100 valence electrons. The second kappa shape index (κ2) is 6.22. The molecule has 2 heterocycles. The number of aryl methyl sites for hydroxylation is 1. The van der Waals surface area contributed by atoms with E-state index in [0.29, 0.717) is 13.2 Å². The lowest BCUT2D eigenvalue weighted by Gasteiger charge is -2.28. The van der Waals surface area contributed by atoms with Gasteiger partial charge in [0.1, 0.15) is 5.82 Å². The molecule has 1 aromatic heterocycles. The minimum atomic E-state index is -0.391. The van der Waals surface area contributed by atoms with Gasteiger partial charge in [-0.3, -0.25) is 4.90 Å². The first kappa shape index (κ1) is 13.4. The second-order valence-electron chi connectivity index (χ2n) is 4.55. The van der Waals surface area contributed by atoms with E-state index in [4.69, 9.17) is 4.74 Å². The highest BCUT2D eigenvalue weighted by Crippen LogP contribution is 2.15. The molecule has 1 aliphatic heterocycles. The van der Waals surface area contributed by atoms with Gasteiger partial charge in [-0.2, -0.15) is 0 Å². The van der Waals surface area contributed by atoms with E-state index in [1.54, 1.807) is 6.20 Å². The number of hydrogen-bond acceptors (Lipinski definition) is 5. The monoisotopic (exact) mass is 251 g/mol. The molecule has 1 fully saturated rings. The van der Waals surface area contributed by atoms with E-state index in [2.05, 4.69) is 21.8 Å². The van der Waals surface area contributed by atoms with Crippen molar-refractivity contribution in [2.24, 2.45) is 0 Å². The maximum atomic E-state index is 9.87. The zero-order chi connectivity index (χ0) is 13.0. The van der Waals surface area contributed by atoms with Crippen LogP contribution in [0, 0.1) is 0 Å². The van der Waals surface area contributed by atoms with Crippen LogP contribution < -0.4 is 0 Å². The van der Waals surface area contributed by atoms with Gasteiger partial charge < -0.3 is 9.84 Å². The predicted octanol–water partition coefficient (Wildman–Crippen LogP) is 0.621. The van der Waals surface area contributed by atoms with Crippen molar-refractivity contribution in [3.8, 4) is 0 Å². The van der Waals surface area contributed by atoms with E-state index < -0.39 is 6.10 Å². The average Bonchev–Trinajstić information content (AvgIpc) is 2.82. The molecule has 2 atom stereocenters. The summed E-state index contributed by atoms with van der Waals surface area (Å²) in [6.45, 7) is 6.78. The molecule has 18 heavy (non-hydrogen) atoms. The van der Waals surface area contributed by atoms with Crippen LogP contribution in [0.2, 0.25) is 0 Å². The number of ether oxygens (including phenoxy) is 1. The van der Waals surface area contributed by atoms with Gasteiger partial charge in [0.25, 0.3) is 0 Å². The summed E-state index contributed by atoms with van der Waals surface area (Å²) in [6, 6.07) is 2.01. The van der Waals surface area contributed by atoms with E-state index in [0.717, 1.165) is 31.0 Å². The van der Waals surface area contributed by atoms with Crippen LogP contribution in [-0.4, -0.2) is 51.9 Å². The lowest BCUT2D eigenvalue weighted by Crippen LogP contribution is -2.42. The first-order chi connectivity index (χ1) is 8.74. The van der Waals surface area contributed by atoms with Crippen LogP contribution in [0.15, 0.2) is 12.3 Å². The third-order valence-corrected chi connectivity index (χ3v) is 3.34. The van der Waals surface area contributed by atoms with Crippen molar-refractivity contribution in [3.63, 3.8) is 0 Å². The summed E-state index contributed by atoms with van der Waals surface area (Å²) in [5.41, 5.74) is 1.00. The number of aromatic nitrogens is 2. The summed E-state index contributed by atoms with van der Waals surface area (Å²) in [7, 11) is 0. The predicted molar refractivity (Wildman–Crippen MR) is 68.1 cm³/mol. The van der Waals surface area contributed by atoms with Crippen LogP contribution in [0.5, 0.6) is 0 Å². The van der Waals surface area contributed by atoms with Gasteiger partial charge in [0, 0.05) is 19.2 Å². The van der Waals surface area contributed by atoms with Gasteiger partial charge >= 0.3 is 0 Å². The molecule has 1 N–H and O–H groups in total. The molecular formula is C13H21N3O2. The third-order valence-electron chi connectivity index (χ3n) is 3.34. The number of likely N-dealkylation sites (N-methyl/N-ethyl adjacent to an activating group) is 1. The molecule has 0 saturated carbocycles. The van der Waals surface area contributed by atoms with Crippen LogP contribution in [0.1, 0.15) is 25.4 Å². The Morgan fingerprint density at radius 3 is 2.89 bits per heavy atom. The fourth-order valence-electron chi connectivity index (χ4n) is 2.25. The van der Waals surface area contributed by atoms with Gasteiger partial charge in [-0.1, -0.05) is 13.8 Å². The highest BCUT2D eigenvalue weighted by molar-refractivity contribution is 5.03. The third kappa shape index (κ3) is 3.04. The summed E-state index contributed by atoms with van der Waals surface area (Å²) in [6.07, 6.45) is 2.25. The summed E-state index contributed by atoms with van der Waals surface area (Å²) in [5.74, 6) is 0.867. The Balaban J connectivity index is 2.05. The van der Waals surface area contributed by atoms with Crippen molar-refractivity contribution < 1.29 is 9.84 Å². The average molecular weight is 251 g/mol. The Kier molecular flexibility index (Phi) is 4.63. The summed E-state index contributed by atoms with van der Waals surface area (Å²) >= 11 is 0. The maximum Gasteiger partial charge on any atom is 0.128 e. The van der Waals surface area contributed by atoms with E-state index in [1.807, 2.05) is 13.0 Å². The minimum Gasteiger partial charge on any atom is -0.389 e. The Morgan fingerprint density at radius 2 is 2.28 bits per heavy atom. The zero-order valence-corrected chi connectivity index (χ0v) is 11.0. The van der Waals surface area contributed by atoms with Crippen molar-refractivity contribution in [2.75, 3.05) is 19.8 Å². The maximum absolute atomic E-state index is 9.87. The summed E-state index contributed by atoms with van der Waals surface area (Å²) in [5, 5.41) is 9.87. The van der Waals surface area contributed by atoms with Crippen LogP contribution in [-0.2, 0) is 17.7 Å². The topological polar surface area (TPSA) is 58.5 Å². The van der Waals surface area contributed by atoms with Crippen molar-refractivity contribution >= 4 is 0 Å². The number of hydrogen-bond donors (Lipinski definition) is 1. The molecule has 0 radical (unpaired) electrons. The number of rotatable bonds is 5. The van der Waals surface area contributed by atoms with Gasteiger partial charge in [0.2, 0.25) is 0 Å². The molecule has 0 aromatic carbocycles. The van der Waals surface area contributed by atoms with E-state index >= 15 is 0 Å². The molecule has 5 heteroatoms. The van der Waals surface area contributed by atoms with Crippen LogP contribution >= 0.6 is 0 Å². The molecule has 0 spiro atoms. The van der Waals surface area contributed by atoms with Gasteiger partial charge in [-0.05, 0) is 12.6 Å². The Hall–Kier alpha value is -1.04. The molecule has 0 bridgehead atoms. The Morgan fingerprint density at radius 1 is 1.44 bits per heavy atom. The molecule has 5 nitrogen and oxygen atoms in total. The second-order valence-corrected chi connectivity index (χ2v) is 4.55. The van der Waals surface area contributed by atoms with E-state index in [-0.39, 0.29) is 6.04 Å². The van der Waals surface area contributed by atoms with Crippen LogP contribution in [0.4, 0.5) is 0 Å².